The number of hydrogen-bond acceptors (Lipinski definition) is 3. The SMILES string of the molecule is CCn1c(C(=O)O[C@@H]2CCC[C@H]2n2cccn2)cc2ccccc21. The molecular formula is C19H21N3O2. The van der Waals surface area contributed by atoms with Crippen LogP contribution < -0.4 is 0 Å². The number of para-hydroxylation sites is 1. The highest BCUT2D eigenvalue weighted by atomic mass is 16.5. The van der Waals surface area contributed by atoms with Gasteiger partial charge in [0.15, 0.2) is 0 Å². The summed E-state index contributed by atoms with van der Waals surface area (Å²) in [5, 5.41) is 5.39. The molecule has 1 aromatic carbocycles. The molecule has 5 nitrogen and oxygen atoms in total. The van der Waals surface area contributed by atoms with Crippen molar-refractivity contribution in [1.29, 1.82) is 0 Å². The normalized spacial score (nSPS) is 20.5. The Labute approximate surface area is 140 Å². The van der Waals surface area contributed by atoms with E-state index >= 15 is 0 Å². The number of ether oxygens (including phenoxy) is 1. The predicted octanol–water partition coefficient (Wildman–Crippen LogP) is 3.81. The van der Waals surface area contributed by atoms with Gasteiger partial charge in [-0.3, -0.25) is 4.68 Å². The van der Waals surface area contributed by atoms with E-state index < -0.39 is 0 Å². The molecule has 0 N–H and O–H groups in total. The number of esters is 1. The van der Waals surface area contributed by atoms with Crippen LogP contribution in [-0.2, 0) is 11.3 Å². The molecule has 24 heavy (non-hydrogen) atoms. The maximum atomic E-state index is 12.8. The van der Waals surface area contributed by atoms with Gasteiger partial charge < -0.3 is 9.30 Å². The van der Waals surface area contributed by atoms with Gasteiger partial charge in [-0.05, 0) is 44.4 Å². The Morgan fingerprint density at radius 2 is 2.17 bits per heavy atom. The van der Waals surface area contributed by atoms with Crippen molar-refractivity contribution in [3.8, 4) is 0 Å². The van der Waals surface area contributed by atoms with Crippen LogP contribution in [0.15, 0.2) is 48.8 Å². The van der Waals surface area contributed by atoms with Crippen LogP contribution in [0.4, 0.5) is 0 Å². The topological polar surface area (TPSA) is 49.0 Å². The standard InChI is InChI=1S/C19H21N3O2/c1-2-21-15-8-4-3-7-14(15)13-17(21)19(23)24-18-10-5-9-16(18)22-12-6-11-20-22/h3-4,6-8,11-13,16,18H,2,5,9-10H2,1H3/t16-,18-/m1/s1. The lowest BCUT2D eigenvalue weighted by molar-refractivity contribution is 0.0198. The fourth-order valence-electron chi connectivity index (χ4n) is 3.74. The third-order valence-corrected chi connectivity index (χ3v) is 4.88. The summed E-state index contributed by atoms with van der Waals surface area (Å²) in [5.41, 5.74) is 1.70. The summed E-state index contributed by atoms with van der Waals surface area (Å²) in [4.78, 5) is 12.8. The number of carbonyl (C=O) groups is 1. The van der Waals surface area contributed by atoms with E-state index in [0.717, 1.165) is 36.7 Å². The van der Waals surface area contributed by atoms with Crippen LogP contribution in [0.3, 0.4) is 0 Å². The van der Waals surface area contributed by atoms with E-state index in [0.29, 0.717) is 5.69 Å². The molecule has 0 bridgehead atoms. The number of fused-ring (bicyclic) bond motifs is 1. The molecule has 0 spiro atoms. The molecule has 0 saturated heterocycles. The minimum absolute atomic E-state index is 0.110. The molecule has 0 radical (unpaired) electrons. The first-order chi connectivity index (χ1) is 11.8. The monoisotopic (exact) mass is 323 g/mol. The Balaban J connectivity index is 1.60. The van der Waals surface area contributed by atoms with E-state index in [1.165, 1.54) is 0 Å². The van der Waals surface area contributed by atoms with E-state index in [-0.39, 0.29) is 18.1 Å². The molecule has 0 unspecified atom stereocenters. The van der Waals surface area contributed by atoms with Gasteiger partial charge in [-0.2, -0.15) is 5.10 Å². The van der Waals surface area contributed by atoms with Gasteiger partial charge in [-0.25, -0.2) is 4.79 Å². The van der Waals surface area contributed by atoms with E-state index in [9.17, 15) is 4.79 Å². The van der Waals surface area contributed by atoms with Crippen molar-refractivity contribution in [1.82, 2.24) is 14.3 Å². The van der Waals surface area contributed by atoms with E-state index in [2.05, 4.69) is 5.10 Å². The Hall–Kier alpha value is -2.56. The first kappa shape index (κ1) is 15.0. The van der Waals surface area contributed by atoms with Crippen LogP contribution >= 0.6 is 0 Å². The molecule has 1 aliphatic rings. The third kappa shape index (κ3) is 2.50. The van der Waals surface area contributed by atoms with Gasteiger partial charge in [0, 0.05) is 29.8 Å². The summed E-state index contributed by atoms with van der Waals surface area (Å²) in [6, 6.07) is 12.0. The van der Waals surface area contributed by atoms with Crippen LogP contribution in [0, 0.1) is 0 Å². The van der Waals surface area contributed by atoms with Crippen molar-refractivity contribution in [3.63, 3.8) is 0 Å². The fraction of sp³-hybridized carbons (Fsp3) is 0.368. The van der Waals surface area contributed by atoms with Crippen LogP contribution in [0.25, 0.3) is 10.9 Å². The lowest BCUT2D eigenvalue weighted by atomic mass is 10.2. The maximum absolute atomic E-state index is 12.8. The molecule has 0 amide bonds. The molecule has 1 saturated carbocycles. The summed E-state index contributed by atoms with van der Waals surface area (Å²) in [6.07, 6.45) is 6.55. The first-order valence-corrected chi connectivity index (χ1v) is 8.56. The number of hydrogen-bond donors (Lipinski definition) is 0. The van der Waals surface area contributed by atoms with Crippen molar-refractivity contribution in [3.05, 3.63) is 54.5 Å². The van der Waals surface area contributed by atoms with Crippen molar-refractivity contribution >= 4 is 16.9 Å². The average molecular weight is 323 g/mol. The Morgan fingerprint density at radius 1 is 1.29 bits per heavy atom. The van der Waals surface area contributed by atoms with Crippen molar-refractivity contribution in [2.75, 3.05) is 0 Å². The van der Waals surface area contributed by atoms with E-state index in [1.807, 2.05) is 58.8 Å². The molecule has 2 heterocycles. The number of carbonyl (C=O) groups excluding carboxylic acids is 1. The fourth-order valence-corrected chi connectivity index (χ4v) is 3.74. The van der Waals surface area contributed by atoms with Crippen LogP contribution in [0.5, 0.6) is 0 Å². The zero-order valence-corrected chi connectivity index (χ0v) is 13.8. The van der Waals surface area contributed by atoms with Crippen LogP contribution in [0.1, 0.15) is 42.7 Å². The Morgan fingerprint density at radius 3 is 2.96 bits per heavy atom. The van der Waals surface area contributed by atoms with Crippen LogP contribution in [-0.4, -0.2) is 26.4 Å². The molecule has 4 rings (SSSR count). The molecule has 1 aliphatic carbocycles. The highest BCUT2D eigenvalue weighted by Gasteiger charge is 2.33. The summed E-state index contributed by atoms with van der Waals surface area (Å²) in [6.45, 7) is 2.79. The van der Waals surface area contributed by atoms with Crippen molar-refractivity contribution < 1.29 is 9.53 Å². The first-order valence-electron chi connectivity index (χ1n) is 8.56. The molecule has 1 fully saturated rings. The lowest BCUT2D eigenvalue weighted by Gasteiger charge is -2.21. The molecule has 5 heteroatoms. The molecule has 0 aliphatic heterocycles. The second-order valence-electron chi connectivity index (χ2n) is 6.26. The molecular weight excluding hydrogens is 302 g/mol. The molecule has 2 atom stereocenters. The van der Waals surface area contributed by atoms with E-state index in [1.54, 1.807) is 6.20 Å². The zero-order valence-electron chi connectivity index (χ0n) is 13.8. The number of rotatable bonds is 4. The van der Waals surface area contributed by atoms with Gasteiger partial charge in [0.2, 0.25) is 0 Å². The number of aryl methyl sites for hydroxylation is 1. The number of aromatic nitrogens is 3. The second-order valence-corrected chi connectivity index (χ2v) is 6.26. The zero-order chi connectivity index (χ0) is 16.5. The highest BCUT2D eigenvalue weighted by molar-refractivity contribution is 5.95. The number of benzene rings is 1. The average Bonchev–Trinajstić information content (AvgIpc) is 3.33. The molecule has 2 aromatic heterocycles. The maximum Gasteiger partial charge on any atom is 0.355 e. The van der Waals surface area contributed by atoms with Gasteiger partial charge >= 0.3 is 5.97 Å². The predicted molar refractivity (Wildman–Crippen MR) is 91.9 cm³/mol. The minimum Gasteiger partial charge on any atom is -0.455 e. The molecule has 3 aromatic rings. The highest BCUT2D eigenvalue weighted by Crippen LogP contribution is 2.33. The van der Waals surface area contributed by atoms with Gasteiger partial charge in [0.05, 0.1) is 6.04 Å². The van der Waals surface area contributed by atoms with Crippen LogP contribution in [0.2, 0.25) is 0 Å². The van der Waals surface area contributed by atoms with Gasteiger partial charge in [-0.1, -0.05) is 18.2 Å². The van der Waals surface area contributed by atoms with Gasteiger partial charge in [0.25, 0.3) is 0 Å². The van der Waals surface area contributed by atoms with Gasteiger partial charge in [-0.15, -0.1) is 0 Å². The van der Waals surface area contributed by atoms with Crippen molar-refractivity contribution in [2.24, 2.45) is 0 Å². The number of nitrogens with zero attached hydrogens (tertiary/aromatic N) is 3. The van der Waals surface area contributed by atoms with Gasteiger partial charge in [0.1, 0.15) is 11.8 Å². The summed E-state index contributed by atoms with van der Waals surface area (Å²) in [5.74, 6) is -0.239. The lowest BCUT2D eigenvalue weighted by Crippen LogP contribution is -2.26. The quantitative estimate of drug-likeness (QED) is 0.686. The summed E-state index contributed by atoms with van der Waals surface area (Å²) >= 11 is 0. The molecule has 124 valence electrons. The summed E-state index contributed by atoms with van der Waals surface area (Å²) < 4.78 is 9.83. The smallest absolute Gasteiger partial charge is 0.355 e. The van der Waals surface area contributed by atoms with Crippen molar-refractivity contribution in [2.45, 2.75) is 44.9 Å². The second kappa shape index (κ2) is 6.15. The Bertz CT molecular complexity index is 851. The summed E-state index contributed by atoms with van der Waals surface area (Å²) in [7, 11) is 0. The third-order valence-electron chi connectivity index (χ3n) is 4.88. The minimum atomic E-state index is -0.239. The van der Waals surface area contributed by atoms with E-state index in [4.69, 9.17) is 4.74 Å². The Kier molecular flexibility index (Phi) is 3.84. The largest absolute Gasteiger partial charge is 0.455 e.